The van der Waals surface area contributed by atoms with Gasteiger partial charge in [0.1, 0.15) is 0 Å². The molecule has 0 heterocycles. The molecule has 0 aliphatic rings. The standard InChI is InChI=1S/C26H29NO2/c1-3-29-26(28)20-27(2)19-18-25(23-12-8-5-9-13-23)24-16-14-22(15-17-24)21-10-6-4-7-11-21/h4-17,25H,3,18-20H2,1-2H3. The van der Waals surface area contributed by atoms with Gasteiger partial charge in [-0.05, 0) is 49.2 Å². The first-order valence-corrected chi connectivity index (χ1v) is 10.2. The van der Waals surface area contributed by atoms with E-state index in [0.29, 0.717) is 13.2 Å². The fourth-order valence-corrected chi connectivity index (χ4v) is 3.61. The summed E-state index contributed by atoms with van der Waals surface area (Å²) in [5.74, 6) is 0.115. The Bertz CT molecular complexity index is 876. The van der Waals surface area contributed by atoms with Gasteiger partial charge in [0.2, 0.25) is 0 Å². The van der Waals surface area contributed by atoms with Crippen LogP contribution in [0.2, 0.25) is 0 Å². The molecular formula is C26H29NO2. The van der Waals surface area contributed by atoms with Crippen LogP contribution in [0.3, 0.4) is 0 Å². The highest BCUT2D eigenvalue weighted by atomic mass is 16.5. The molecule has 1 unspecified atom stereocenters. The Morgan fingerprint density at radius 2 is 1.38 bits per heavy atom. The van der Waals surface area contributed by atoms with Crippen molar-refractivity contribution in [1.82, 2.24) is 4.90 Å². The van der Waals surface area contributed by atoms with E-state index in [-0.39, 0.29) is 11.9 Å². The lowest BCUT2D eigenvalue weighted by Crippen LogP contribution is -2.29. The number of carbonyl (C=O) groups excluding carboxylic acids is 1. The molecule has 0 N–H and O–H groups in total. The Morgan fingerprint density at radius 1 is 0.828 bits per heavy atom. The number of hydrogen-bond acceptors (Lipinski definition) is 3. The van der Waals surface area contributed by atoms with Gasteiger partial charge >= 0.3 is 5.97 Å². The third-order valence-corrected chi connectivity index (χ3v) is 5.13. The maximum Gasteiger partial charge on any atom is 0.320 e. The number of carbonyl (C=O) groups is 1. The molecule has 0 amide bonds. The minimum absolute atomic E-state index is 0.168. The molecule has 3 heteroatoms. The number of hydrogen-bond donors (Lipinski definition) is 0. The summed E-state index contributed by atoms with van der Waals surface area (Å²) < 4.78 is 5.06. The lowest BCUT2D eigenvalue weighted by Gasteiger charge is -2.22. The number of rotatable bonds is 9. The van der Waals surface area contributed by atoms with Gasteiger partial charge in [-0.2, -0.15) is 0 Å². The molecule has 0 aromatic heterocycles. The molecule has 0 aliphatic heterocycles. The van der Waals surface area contributed by atoms with Crippen LogP contribution in [0.4, 0.5) is 0 Å². The van der Waals surface area contributed by atoms with Gasteiger partial charge in [-0.3, -0.25) is 9.69 Å². The Morgan fingerprint density at radius 3 is 2.00 bits per heavy atom. The van der Waals surface area contributed by atoms with Crippen LogP contribution in [0.25, 0.3) is 11.1 Å². The summed E-state index contributed by atoms with van der Waals surface area (Å²) in [7, 11) is 1.97. The third-order valence-electron chi connectivity index (χ3n) is 5.13. The first-order valence-electron chi connectivity index (χ1n) is 10.2. The molecule has 3 rings (SSSR count). The zero-order valence-corrected chi connectivity index (χ0v) is 17.3. The molecular weight excluding hydrogens is 358 g/mol. The summed E-state index contributed by atoms with van der Waals surface area (Å²) in [6.45, 7) is 3.40. The van der Waals surface area contributed by atoms with Gasteiger partial charge in [-0.15, -0.1) is 0 Å². The van der Waals surface area contributed by atoms with Crippen molar-refractivity contribution < 1.29 is 9.53 Å². The summed E-state index contributed by atoms with van der Waals surface area (Å²) in [6, 6.07) is 29.9. The van der Waals surface area contributed by atoms with E-state index in [1.807, 2.05) is 31.0 Å². The van der Waals surface area contributed by atoms with Crippen molar-refractivity contribution in [1.29, 1.82) is 0 Å². The van der Waals surface area contributed by atoms with Crippen molar-refractivity contribution in [3.8, 4) is 11.1 Å². The molecule has 0 saturated heterocycles. The molecule has 3 aromatic rings. The van der Waals surface area contributed by atoms with Crippen LogP contribution >= 0.6 is 0 Å². The van der Waals surface area contributed by atoms with E-state index in [0.717, 1.165) is 13.0 Å². The number of esters is 1. The second-order valence-electron chi connectivity index (χ2n) is 7.28. The average Bonchev–Trinajstić information content (AvgIpc) is 2.76. The minimum atomic E-state index is -0.168. The van der Waals surface area contributed by atoms with Crippen molar-refractivity contribution >= 4 is 5.97 Å². The SMILES string of the molecule is CCOC(=O)CN(C)CCC(c1ccccc1)c1ccc(-c2ccccc2)cc1. The number of likely N-dealkylation sites (N-methyl/N-ethyl adjacent to an activating group) is 1. The maximum absolute atomic E-state index is 11.7. The van der Waals surface area contributed by atoms with E-state index in [1.54, 1.807) is 0 Å². The Kier molecular flexibility index (Phi) is 7.60. The molecule has 29 heavy (non-hydrogen) atoms. The van der Waals surface area contributed by atoms with Crippen LogP contribution in [0.5, 0.6) is 0 Å². The fourth-order valence-electron chi connectivity index (χ4n) is 3.61. The van der Waals surface area contributed by atoms with E-state index < -0.39 is 0 Å². The first kappa shape index (κ1) is 20.8. The molecule has 3 aromatic carbocycles. The summed E-state index contributed by atoms with van der Waals surface area (Å²) in [4.78, 5) is 13.8. The third kappa shape index (κ3) is 6.03. The normalized spacial score (nSPS) is 12.0. The largest absolute Gasteiger partial charge is 0.465 e. The molecule has 0 aliphatic carbocycles. The van der Waals surface area contributed by atoms with Crippen molar-refractivity contribution in [2.75, 3.05) is 26.7 Å². The highest BCUT2D eigenvalue weighted by Crippen LogP contribution is 2.30. The Balaban J connectivity index is 1.75. The minimum Gasteiger partial charge on any atom is -0.465 e. The van der Waals surface area contributed by atoms with Crippen molar-refractivity contribution in [2.24, 2.45) is 0 Å². The Hall–Kier alpha value is -2.91. The second-order valence-corrected chi connectivity index (χ2v) is 7.28. The number of benzene rings is 3. The summed E-state index contributed by atoms with van der Waals surface area (Å²) in [5, 5.41) is 0. The van der Waals surface area contributed by atoms with Crippen LogP contribution in [0.15, 0.2) is 84.9 Å². The van der Waals surface area contributed by atoms with Gasteiger partial charge < -0.3 is 4.74 Å². The average molecular weight is 388 g/mol. The van der Waals surface area contributed by atoms with Gasteiger partial charge in [0.15, 0.2) is 0 Å². The zero-order valence-electron chi connectivity index (χ0n) is 17.3. The highest BCUT2D eigenvalue weighted by Gasteiger charge is 2.16. The summed E-state index contributed by atoms with van der Waals surface area (Å²) in [6.07, 6.45) is 0.935. The van der Waals surface area contributed by atoms with Crippen LogP contribution in [-0.2, 0) is 9.53 Å². The molecule has 0 fully saturated rings. The highest BCUT2D eigenvalue weighted by molar-refractivity contribution is 5.71. The Labute approximate surface area is 174 Å². The van der Waals surface area contributed by atoms with Gasteiger partial charge in [0, 0.05) is 5.92 Å². The van der Waals surface area contributed by atoms with Crippen LogP contribution in [0, 0.1) is 0 Å². The van der Waals surface area contributed by atoms with E-state index in [9.17, 15) is 4.79 Å². The van der Waals surface area contributed by atoms with Gasteiger partial charge in [-0.1, -0.05) is 84.9 Å². The van der Waals surface area contributed by atoms with E-state index >= 15 is 0 Å². The molecule has 150 valence electrons. The summed E-state index contributed by atoms with van der Waals surface area (Å²) in [5.41, 5.74) is 5.04. The monoisotopic (exact) mass is 387 g/mol. The second kappa shape index (κ2) is 10.6. The van der Waals surface area contributed by atoms with E-state index in [2.05, 4.69) is 72.8 Å². The predicted octanol–water partition coefficient (Wildman–Crippen LogP) is 5.37. The van der Waals surface area contributed by atoms with E-state index in [1.165, 1.54) is 22.3 Å². The molecule has 0 spiro atoms. The quantitative estimate of drug-likeness (QED) is 0.462. The van der Waals surface area contributed by atoms with Crippen LogP contribution < -0.4 is 0 Å². The topological polar surface area (TPSA) is 29.5 Å². The molecule has 0 bridgehead atoms. The molecule has 0 radical (unpaired) electrons. The first-order chi connectivity index (χ1) is 14.2. The fraction of sp³-hybridized carbons (Fsp3) is 0.269. The van der Waals surface area contributed by atoms with Gasteiger partial charge in [0.05, 0.1) is 13.2 Å². The van der Waals surface area contributed by atoms with Crippen LogP contribution in [0.1, 0.15) is 30.4 Å². The molecule has 1 atom stereocenters. The lowest BCUT2D eigenvalue weighted by atomic mass is 9.87. The molecule has 0 saturated carbocycles. The smallest absolute Gasteiger partial charge is 0.320 e. The number of ether oxygens (including phenoxy) is 1. The van der Waals surface area contributed by atoms with Crippen molar-refractivity contribution in [3.63, 3.8) is 0 Å². The van der Waals surface area contributed by atoms with Crippen molar-refractivity contribution in [3.05, 3.63) is 96.1 Å². The zero-order chi connectivity index (χ0) is 20.5. The van der Waals surface area contributed by atoms with Crippen LogP contribution in [-0.4, -0.2) is 37.6 Å². The maximum atomic E-state index is 11.7. The van der Waals surface area contributed by atoms with Crippen molar-refractivity contribution in [2.45, 2.75) is 19.3 Å². The van der Waals surface area contributed by atoms with E-state index in [4.69, 9.17) is 4.74 Å². The lowest BCUT2D eigenvalue weighted by molar-refractivity contribution is -0.144. The molecule has 3 nitrogen and oxygen atoms in total. The predicted molar refractivity (Wildman–Crippen MR) is 119 cm³/mol. The number of nitrogens with zero attached hydrogens (tertiary/aromatic N) is 1. The van der Waals surface area contributed by atoms with Gasteiger partial charge in [-0.25, -0.2) is 0 Å². The van der Waals surface area contributed by atoms with Gasteiger partial charge in [0.25, 0.3) is 0 Å². The summed E-state index contributed by atoms with van der Waals surface area (Å²) >= 11 is 0.